The van der Waals surface area contributed by atoms with Gasteiger partial charge in [-0.15, -0.1) is 0 Å². The average molecular weight is 469 g/mol. The molecular weight excluding hydrogens is 424 g/mol. The number of fused-ring (bicyclic) bond motifs is 2. The zero-order valence-electron chi connectivity index (χ0n) is 22.7. The van der Waals surface area contributed by atoms with Crippen LogP contribution in [0.25, 0.3) is 0 Å². The topological polar surface area (TPSA) is 71.4 Å². The quantitative estimate of drug-likeness (QED) is 0.285. The lowest BCUT2D eigenvalue weighted by Crippen LogP contribution is -2.66. The molecule has 0 amide bonds. The van der Waals surface area contributed by atoms with Gasteiger partial charge >= 0.3 is 0 Å². The molecule has 0 spiro atoms. The van der Waals surface area contributed by atoms with Gasteiger partial charge in [-0.05, 0) is 85.0 Å². The van der Waals surface area contributed by atoms with Crippen LogP contribution in [0.5, 0.6) is 0 Å². The van der Waals surface area contributed by atoms with Gasteiger partial charge in [0.2, 0.25) is 0 Å². The summed E-state index contributed by atoms with van der Waals surface area (Å²) in [4.78, 5) is 41.7. The maximum Gasteiger partial charge on any atom is 0.173 e. The lowest BCUT2D eigenvalue weighted by molar-refractivity contribution is -0.169. The third-order valence-electron chi connectivity index (χ3n) is 7.85. The summed E-state index contributed by atoms with van der Waals surface area (Å²) in [6.45, 7) is 17.6. The van der Waals surface area contributed by atoms with Crippen LogP contribution in [0.4, 0.5) is 0 Å². The second-order valence-electron chi connectivity index (χ2n) is 11.6. The number of aliphatic hydroxyl groups is 1. The Morgan fingerprint density at radius 2 is 1.56 bits per heavy atom. The Balaban J connectivity index is 2.90. The number of allylic oxidation sites excluding steroid dienone is 8. The first-order valence-electron chi connectivity index (χ1n) is 12.7. The van der Waals surface area contributed by atoms with Crippen LogP contribution < -0.4 is 0 Å². The van der Waals surface area contributed by atoms with Crippen LogP contribution >= 0.6 is 0 Å². The Bertz CT molecular complexity index is 962. The van der Waals surface area contributed by atoms with Crippen LogP contribution in [0.1, 0.15) is 94.4 Å². The Morgan fingerprint density at radius 3 is 2.06 bits per heavy atom. The van der Waals surface area contributed by atoms with Crippen LogP contribution in [0.3, 0.4) is 0 Å². The molecule has 0 aromatic rings. The number of carbonyl (C=O) groups is 3. The molecular formula is C30H44O4. The second-order valence-corrected chi connectivity index (χ2v) is 11.6. The van der Waals surface area contributed by atoms with Crippen molar-refractivity contribution in [2.24, 2.45) is 28.6 Å². The highest BCUT2D eigenvalue weighted by Gasteiger charge is 2.71. The van der Waals surface area contributed by atoms with Crippen molar-refractivity contribution >= 4 is 17.3 Å². The maximum atomic E-state index is 14.1. The van der Waals surface area contributed by atoms with Gasteiger partial charge < -0.3 is 5.11 Å². The third kappa shape index (κ3) is 4.78. The molecule has 188 valence electrons. The molecule has 4 nitrogen and oxygen atoms in total. The fraction of sp³-hybridized carbons (Fsp3) is 0.633. The van der Waals surface area contributed by atoms with E-state index in [4.69, 9.17) is 0 Å². The second kappa shape index (κ2) is 10.6. The Hall–Kier alpha value is -2.23. The van der Waals surface area contributed by atoms with Gasteiger partial charge in [0.05, 0.1) is 5.92 Å². The molecule has 2 bridgehead atoms. The molecule has 1 fully saturated rings. The first-order chi connectivity index (χ1) is 15.7. The predicted octanol–water partition coefficient (Wildman–Crippen LogP) is 7.26. The summed E-state index contributed by atoms with van der Waals surface area (Å²) in [5.41, 5.74) is 1.12. The molecule has 2 aliphatic rings. The summed E-state index contributed by atoms with van der Waals surface area (Å²) in [6, 6.07) is 0. The van der Waals surface area contributed by atoms with Crippen molar-refractivity contribution in [2.75, 3.05) is 0 Å². The molecule has 1 saturated carbocycles. The molecule has 2 aliphatic carbocycles. The van der Waals surface area contributed by atoms with Crippen molar-refractivity contribution in [2.45, 2.75) is 94.4 Å². The monoisotopic (exact) mass is 468 g/mol. The summed E-state index contributed by atoms with van der Waals surface area (Å²) < 4.78 is 0. The van der Waals surface area contributed by atoms with Gasteiger partial charge in [0.15, 0.2) is 22.8 Å². The predicted molar refractivity (Wildman–Crippen MR) is 138 cm³/mol. The van der Waals surface area contributed by atoms with Crippen molar-refractivity contribution < 1.29 is 19.5 Å². The molecule has 0 radical (unpaired) electrons. The third-order valence-corrected chi connectivity index (χ3v) is 7.85. The minimum Gasteiger partial charge on any atom is -0.510 e. The van der Waals surface area contributed by atoms with E-state index in [2.05, 4.69) is 12.2 Å². The lowest BCUT2D eigenvalue weighted by atomic mass is 9.42. The van der Waals surface area contributed by atoms with Gasteiger partial charge in [0.1, 0.15) is 5.76 Å². The molecule has 34 heavy (non-hydrogen) atoms. The normalized spacial score (nSPS) is 28.6. The number of hydrogen-bond donors (Lipinski definition) is 1. The smallest absolute Gasteiger partial charge is 0.173 e. The van der Waals surface area contributed by atoms with Crippen molar-refractivity contribution in [3.8, 4) is 0 Å². The van der Waals surface area contributed by atoms with Crippen molar-refractivity contribution in [3.63, 3.8) is 0 Å². The van der Waals surface area contributed by atoms with E-state index in [1.807, 2.05) is 54.5 Å². The van der Waals surface area contributed by atoms with E-state index in [9.17, 15) is 19.5 Å². The van der Waals surface area contributed by atoms with Crippen LogP contribution in [0.2, 0.25) is 0 Å². The Labute approximate surface area is 206 Å². The number of hydrogen-bond acceptors (Lipinski definition) is 4. The Morgan fingerprint density at radius 1 is 1.00 bits per heavy atom. The largest absolute Gasteiger partial charge is 0.510 e. The van der Waals surface area contributed by atoms with Crippen molar-refractivity contribution in [1.29, 1.82) is 0 Å². The van der Waals surface area contributed by atoms with E-state index in [1.54, 1.807) is 13.8 Å². The average Bonchev–Trinajstić information content (AvgIpc) is 2.71. The van der Waals surface area contributed by atoms with Gasteiger partial charge in [-0.2, -0.15) is 0 Å². The van der Waals surface area contributed by atoms with Crippen LogP contribution in [0.15, 0.2) is 46.3 Å². The molecule has 4 atom stereocenters. The molecule has 0 unspecified atom stereocenters. The fourth-order valence-corrected chi connectivity index (χ4v) is 5.91. The summed E-state index contributed by atoms with van der Waals surface area (Å²) in [5, 5.41) is 11.8. The standard InChI is InChI=1S/C30H44O4/c1-18(2)11-10-16-29(9)22(14-12-19(3)4)17-24-25(31)23(15-13-20(5)6)27(33)30(29,28(24)34)26(32)21(7)8/h11-13,21-22,24,33H,10,14-17H2,1-9H3/t22-,24+,29+,30-/m0/s1. The fourth-order valence-electron chi connectivity index (χ4n) is 5.91. The highest BCUT2D eigenvalue weighted by Crippen LogP contribution is 2.64. The lowest BCUT2D eigenvalue weighted by Gasteiger charge is -2.58. The molecule has 0 aromatic heterocycles. The van der Waals surface area contributed by atoms with Crippen LogP contribution in [-0.4, -0.2) is 22.5 Å². The summed E-state index contributed by atoms with van der Waals surface area (Å²) >= 11 is 0. The van der Waals surface area contributed by atoms with E-state index in [0.29, 0.717) is 25.7 Å². The first kappa shape index (κ1) is 28.0. The number of aliphatic hydroxyl groups excluding tert-OH is 1. The molecule has 2 rings (SSSR count). The summed E-state index contributed by atoms with van der Waals surface area (Å²) in [5.74, 6) is -2.63. The summed E-state index contributed by atoms with van der Waals surface area (Å²) in [6.07, 6.45) is 8.80. The zero-order chi connectivity index (χ0) is 26.0. The van der Waals surface area contributed by atoms with E-state index >= 15 is 0 Å². The molecule has 0 heterocycles. The summed E-state index contributed by atoms with van der Waals surface area (Å²) in [7, 11) is 0. The number of Topliss-reactive ketones (excluding diaryl/α,β-unsaturated/α-hetero) is 3. The van der Waals surface area contributed by atoms with E-state index in [1.165, 1.54) is 5.57 Å². The highest BCUT2D eigenvalue weighted by atomic mass is 16.3. The molecule has 0 saturated heterocycles. The van der Waals surface area contributed by atoms with E-state index < -0.39 is 22.7 Å². The van der Waals surface area contributed by atoms with Crippen LogP contribution in [-0.2, 0) is 14.4 Å². The minimum absolute atomic E-state index is 0.0746. The molecule has 0 aliphatic heterocycles. The first-order valence-corrected chi connectivity index (χ1v) is 12.7. The molecule has 0 aromatic carbocycles. The number of carbonyl (C=O) groups excluding carboxylic acids is 3. The van der Waals surface area contributed by atoms with Crippen LogP contribution in [0, 0.1) is 28.6 Å². The number of ketones is 3. The van der Waals surface area contributed by atoms with Gasteiger partial charge in [-0.25, -0.2) is 0 Å². The molecule has 1 N–H and O–H groups in total. The highest BCUT2D eigenvalue weighted by molar-refractivity contribution is 6.24. The van der Waals surface area contributed by atoms with E-state index in [-0.39, 0.29) is 41.0 Å². The van der Waals surface area contributed by atoms with Crippen molar-refractivity contribution in [1.82, 2.24) is 0 Å². The maximum absolute atomic E-state index is 14.1. The van der Waals surface area contributed by atoms with Gasteiger partial charge in [0, 0.05) is 11.5 Å². The Kier molecular flexibility index (Phi) is 8.72. The van der Waals surface area contributed by atoms with Gasteiger partial charge in [-0.3, -0.25) is 14.4 Å². The SMILES string of the molecule is CC(C)=CCC[C@]1(C)[C@@H](CC=C(C)C)C[C@@H]2C(=O)C(CC=C(C)C)=C(O)[C@@]1(C(=O)C(C)C)C2=O. The van der Waals surface area contributed by atoms with Gasteiger partial charge in [0.25, 0.3) is 0 Å². The van der Waals surface area contributed by atoms with Crippen molar-refractivity contribution in [3.05, 3.63) is 46.3 Å². The van der Waals surface area contributed by atoms with Gasteiger partial charge in [-0.1, -0.05) is 55.7 Å². The minimum atomic E-state index is -1.68. The zero-order valence-corrected chi connectivity index (χ0v) is 22.7. The molecule has 4 heteroatoms. The van der Waals surface area contributed by atoms with E-state index in [0.717, 1.165) is 11.1 Å². The number of rotatable bonds is 9.